The summed E-state index contributed by atoms with van der Waals surface area (Å²) >= 11 is 0. The summed E-state index contributed by atoms with van der Waals surface area (Å²) in [5.41, 5.74) is 2.43. The van der Waals surface area contributed by atoms with Gasteiger partial charge in [-0.2, -0.15) is 0 Å². The molecule has 8 nitrogen and oxygen atoms in total. The molecule has 1 aromatic carbocycles. The van der Waals surface area contributed by atoms with E-state index in [1.165, 1.54) is 5.56 Å². The molecule has 1 aromatic heterocycles. The number of aliphatic imine (C=N–C) groups is 1. The molecule has 1 fully saturated rings. The average molecular weight is 428 g/mol. The molecule has 0 unspecified atom stereocenters. The first-order valence-electron chi connectivity index (χ1n) is 10.7. The monoisotopic (exact) mass is 427 g/mol. The number of carbonyl (C=O) groups excluding carboxylic acids is 1. The summed E-state index contributed by atoms with van der Waals surface area (Å²) < 4.78 is 11.1. The molecule has 3 rings (SSSR count). The number of amides is 1. The van der Waals surface area contributed by atoms with Crippen LogP contribution in [0.4, 0.5) is 4.79 Å². The minimum Gasteiger partial charge on any atom is -0.444 e. The van der Waals surface area contributed by atoms with Crippen LogP contribution in [0.1, 0.15) is 44.9 Å². The highest BCUT2D eigenvalue weighted by atomic mass is 16.6. The van der Waals surface area contributed by atoms with Crippen molar-refractivity contribution in [3.05, 3.63) is 41.8 Å². The Hall–Kier alpha value is -3.03. The van der Waals surface area contributed by atoms with Crippen LogP contribution in [0.2, 0.25) is 0 Å². The van der Waals surface area contributed by atoms with Crippen LogP contribution >= 0.6 is 0 Å². The topological polar surface area (TPSA) is 92.0 Å². The smallest absolute Gasteiger partial charge is 0.410 e. The number of aromatic nitrogens is 1. The van der Waals surface area contributed by atoms with Crippen molar-refractivity contribution in [2.24, 2.45) is 4.99 Å². The van der Waals surface area contributed by atoms with E-state index in [9.17, 15) is 4.79 Å². The van der Waals surface area contributed by atoms with Gasteiger partial charge in [-0.3, -0.25) is 4.99 Å². The van der Waals surface area contributed by atoms with Gasteiger partial charge in [-0.15, -0.1) is 0 Å². The molecule has 0 saturated heterocycles. The van der Waals surface area contributed by atoms with Gasteiger partial charge in [0.25, 0.3) is 0 Å². The van der Waals surface area contributed by atoms with E-state index in [2.05, 4.69) is 20.6 Å². The summed E-state index contributed by atoms with van der Waals surface area (Å²) in [7, 11) is 1.71. The minimum absolute atomic E-state index is 0.258. The molecule has 1 heterocycles. The first-order valence-corrected chi connectivity index (χ1v) is 10.7. The molecule has 2 aromatic rings. The Labute approximate surface area is 184 Å². The van der Waals surface area contributed by atoms with Crippen LogP contribution < -0.4 is 10.6 Å². The lowest BCUT2D eigenvalue weighted by atomic mass is 10.1. The number of nitrogens with zero attached hydrogens (tertiary/aromatic N) is 3. The Morgan fingerprint density at radius 1 is 1.26 bits per heavy atom. The van der Waals surface area contributed by atoms with E-state index in [-0.39, 0.29) is 12.1 Å². The van der Waals surface area contributed by atoms with Crippen molar-refractivity contribution in [3.8, 4) is 11.5 Å². The normalized spacial score (nSPS) is 14.3. The predicted molar refractivity (Wildman–Crippen MR) is 121 cm³/mol. The van der Waals surface area contributed by atoms with Gasteiger partial charge in [0.05, 0.1) is 12.2 Å². The van der Waals surface area contributed by atoms with E-state index in [1.54, 1.807) is 18.2 Å². The highest BCUT2D eigenvalue weighted by Crippen LogP contribution is 2.28. The number of oxazole rings is 1. The lowest BCUT2D eigenvalue weighted by Crippen LogP contribution is -2.45. The van der Waals surface area contributed by atoms with Crippen LogP contribution in [-0.2, 0) is 11.3 Å². The maximum absolute atomic E-state index is 12.4. The van der Waals surface area contributed by atoms with Gasteiger partial charge < -0.3 is 24.7 Å². The third-order valence-electron chi connectivity index (χ3n) is 4.77. The van der Waals surface area contributed by atoms with Crippen LogP contribution in [-0.4, -0.2) is 53.7 Å². The number of benzene rings is 1. The fourth-order valence-electron chi connectivity index (χ4n) is 3.04. The van der Waals surface area contributed by atoms with Crippen molar-refractivity contribution in [1.29, 1.82) is 0 Å². The molecule has 168 valence electrons. The molecule has 0 bridgehead atoms. The molecule has 0 aliphatic heterocycles. The van der Waals surface area contributed by atoms with Crippen LogP contribution in [0.5, 0.6) is 0 Å². The first kappa shape index (κ1) is 22.7. The lowest BCUT2D eigenvalue weighted by molar-refractivity contribution is 0.0238. The molecule has 0 atom stereocenters. The highest BCUT2D eigenvalue weighted by molar-refractivity contribution is 5.79. The zero-order chi connectivity index (χ0) is 22.4. The SMILES string of the molecule is CN=C(NCCN(C(=O)OC(C)(C)C)C1CC1)NCc1coc(-c2ccc(C)cc2)n1. The van der Waals surface area contributed by atoms with Gasteiger partial charge in [0.1, 0.15) is 11.9 Å². The zero-order valence-electron chi connectivity index (χ0n) is 19.1. The number of carbonyl (C=O) groups is 1. The number of hydrogen-bond donors (Lipinski definition) is 2. The molecule has 31 heavy (non-hydrogen) atoms. The number of ether oxygens (including phenoxy) is 1. The number of aryl methyl sites for hydroxylation is 1. The zero-order valence-corrected chi connectivity index (χ0v) is 19.1. The summed E-state index contributed by atoms with van der Waals surface area (Å²) in [6.07, 6.45) is 3.45. The third kappa shape index (κ3) is 7.01. The largest absolute Gasteiger partial charge is 0.444 e. The van der Waals surface area contributed by atoms with Crippen molar-refractivity contribution >= 4 is 12.1 Å². The number of nitrogens with one attached hydrogen (secondary N) is 2. The van der Waals surface area contributed by atoms with Gasteiger partial charge in [-0.05, 0) is 52.7 Å². The average Bonchev–Trinajstić information content (AvgIpc) is 3.43. The van der Waals surface area contributed by atoms with E-state index in [0.29, 0.717) is 31.5 Å². The van der Waals surface area contributed by atoms with Gasteiger partial charge in [0.2, 0.25) is 5.89 Å². The van der Waals surface area contributed by atoms with Crippen molar-refractivity contribution in [2.45, 2.75) is 58.7 Å². The Bertz CT molecular complexity index is 895. The van der Waals surface area contributed by atoms with E-state index < -0.39 is 5.60 Å². The Morgan fingerprint density at radius 3 is 2.58 bits per heavy atom. The van der Waals surface area contributed by atoms with E-state index in [0.717, 1.165) is 24.1 Å². The molecular weight excluding hydrogens is 394 g/mol. The summed E-state index contributed by atoms with van der Waals surface area (Å²) in [6, 6.07) is 8.34. The van der Waals surface area contributed by atoms with Crippen molar-refractivity contribution < 1.29 is 13.9 Å². The lowest BCUT2D eigenvalue weighted by Gasteiger charge is -2.27. The number of hydrogen-bond acceptors (Lipinski definition) is 5. The Balaban J connectivity index is 1.46. The van der Waals surface area contributed by atoms with Gasteiger partial charge >= 0.3 is 6.09 Å². The summed E-state index contributed by atoms with van der Waals surface area (Å²) in [4.78, 5) is 23.0. The van der Waals surface area contributed by atoms with Crippen molar-refractivity contribution in [2.75, 3.05) is 20.1 Å². The van der Waals surface area contributed by atoms with Crippen LogP contribution in [0.3, 0.4) is 0 Å². The van der Waals surface area contributed by atoms with Crippen LogP contribution in [0.25, 0.3) is 11.5 Å². The fourth-order valence-corrected chi connectivity index (χ4v) is 3.04. The minimum atomic E-state index is -0.496. The van der Waals surface area contributed by atoms with Crippen molar-refractivity contribution in [3.63, 3.8) is 0 Å². The Kier molecular flexibility index (Phi) is 7.20. The second-order valence-electron chi connectivity index (χ2n) is 8.77. The maximum Gasteiger partial charge on any atom is 0.410 e. The molecule has 8 heteroatoms. The molecule has 1 aliphatic carbocycles. The van der Waals surface area contributed by atoms with Gasteiger partial charge in [0, 0.05) is 31.7 Å². The van der Waals surface area contributed by atoms with E-state index >= 15 is 0 Å². The number of guanidine groups is 1. The molecule has 0 spiro atoms. The quantitative estimate of drug-likeness (QED) is 0.517. The molecular formula is C23H33N5O3. The fraction of sp³-hybridized carbons (Fsp3) is 0.522. The van der Waals surface area contributed by atoms with Gasteiger partial charge in [0.15, 0.2) is 5.96 Å². The van der Waals surface area contributed by atoms with Crippen molar-refractivity contribution in [1.82, 2.24) is 20.5 Å². The van der Waals surface area contributed by atoms with Crippen LogP contribution in [0.15, 0.2) is 39.9 Å². The standard InChI is InChI=1S/C23H33N5O3/c1-16-6-8-17(9-7-16)20-27-18(15-30-20)14-26-21(24-5)25-12-13-28(19-10-11-19)22(29)31-23(2,3)4/h6-9,15,19H,10-14H2,1-5H3,(H2,24,25,26). The second-order valence-corrected chi connectivity index (χ2v) is 8.77. The highest BCUT2D eigenvalue weighted by Gasteiger charge is 2.34. The molecule has 2 N–H and O–H groups in total. The van der Waals surface area contributed by atoms with E-state index in [1.807, 2.05) is 52.0 Å². The molecule has 0 radical (unpaired) electrons. The second kappa shape index (κ2) is 9.85. The summed E-state index contributed by atoms with van der Waals surface area (Å²) in [5, 5.41) is 6.47. The maximum atomic E-state index is 12.4. The van der Waals surface area contributed by atoms with Gasteiger partial charge in [-0.1, -0.05) is 17.7 Å². The first-order chi connectivity index (χ1) is 14.7. The third-order valence-corrected chi connectivity index (χ3v) is 4.77. The van der Waals surface area contributed by atoms with E-state index in [4.69, 9.17) is 9.15 Å². The number of rotatable bonds is 7. The predicted octanol–water partition coefficient (Wildman–Crippen LogP) is 3.71. The summed E-state index contributed by atoms with van der Waals surface area (Å²) in [5.74, 6) is 1.23. The summed E-state index contributed by atoms with van der Waals surface area (Å²) in [6.45, 7) is 9.30. The molecule has 1 saturated carbocycles. The molecule has 1 aliphatic rings. The Morgan fingerprint density at radius 2 is 1.97 bits per heavy atom. The van der Waals surface area contributed by atoms with Crippen LogP contribution in [0, 0.1) is 6.92 Å². The molecule has 1 amide bonds. The van der Waals surface area contributed by atoms with Gasteiger partial charge in [-0.25, -0.2) is 9.78 Å².